The van der Waals surface area contributed by atoms with E-state index in [4.69, 9.17) is 0 Å². The molecule has 1 aromatic rings. The number of rotatable bonds is 7. The van der Waals surface area contributed by atoms with Crippen LogP contribution in [0, 0.1) is 5.92 Å². The van der Waals surface area contributed by atoms with Crippen LogP contribution in [-0.2, 0) is 16.6 Å². The topological polar surface area (TPSA) is 49.4 Å². The summed E-state index contributed by atoms with van der Waals surface area (Å²) in [7, 11) is -1.48. The predicted octanol–water partition coefficient (Wildman–Crippen LogP) is 1.89. The molecule has 0 atom stereocenters. The first-order valence-corrected chi connectivity index (χ1v) is 8.62. The Morgan fingerprint density at radius 1 is 1.50 bits per heavy atom. The van der Waals surface area contributed by atoms with E-state index in [1.54, 1.807) is 10.4 Å². The molecule has 0 radical (unpaired) electrons. The highest BCUT2D eigenvalue weighted by Gasteiger charge is 2.32. The first kappa shape index (κ1) is 14.0. The molecule has 0 spiro atoms. The molecular weight excluding hydrogens is 268 g/mol. The van der Waals surface area contributed by atoms with Crippen LogP contribution in [0.4, 0.5) is 0 Å². The lowest BCUT2D eigenvalue weighted by atomic mass is 10.4. The lowest BCUT2D eigenvalue weighted by molar-refractivity contribution is 0.411. The van der Waals surface area contributed by atoms with Crippen LogP contribution in [0.15, 0.2) is 16.3 Å². The van der Waals surface area contributed by atoms with Crippen LogP contribution in [0.2, 0.25) is 0 Å². The Labute approximate surface area is 113 Å². The minimum Gasteiger partial charge on any atom is -0.315 e. The number of nitrogens with zero attached hydrogens (tertiary/aromatic N) is 1. The minimum atomic E-state index is -3.31. The van der Waals surface area contributed by atoms with Crippen LogP contribution in [0.3, 0.4) is 0 Å². The fourth-order valence-corrected chi connectivity index (χ4v) is 4.92. The number of thiophene rings is 1. The second-order valence-corrected chi connectivity index (χ2v) is 7.54. The summed E-state index contributed by atoms with van der Waals surface area (Å²) in [6.45, 7) is 3.73. The molecule has 1 aromatic heterocycles. The molecule has 0 bridgehead atoms. The number of hydrogen-bond donors (Lipinski definition) is 1. The van der Waals surface area contributed by atoms with Crippen molar-refractivity contribution in [1.82, 2.24) is 9.62 Å². The summed E-state index contributed by atoms with van der Waals surface area (Å²) in [6, 6.07) is 1.72. The molecule has 6 heteroatoms. The van der Waals surface area contributed by atoms with Gasteiger partial charge in [-0.15, -0.1) is 11.3 Å². The van der Waals surface area contributed by atoms with Crippen LogP contribution < -0.4 is 5.32 Å². The zero-order valence-electron chi connectivity index (χ0n) is 10.8. The Kier molecular flexibility index (Phi) is 4.42. The van der Waals surface area contributed by atoms with E-state index in [0.717, 1.165) is 4.88 Å². The van der Waals surface area contributed by atoms with Gasteiger partial charge >= 0.3 is 0 Å². The molecule has 4 nitrogen and oxygen atoms in total. The highest BCUT2D eigenvalue weighted by molar-refractivity contribution is 7.89. The van der Waals surface area contributed by atoms with Gasteiger partial charge in [-0.25, -0.2) is 8.42 Å². The number of nitrogens with one attached hydrogen (secondary N) is 1. The Balaban J connectivity index is 2.24. The summed E-state index contributed by atoms with van der Waals surface area (Å²) in [4.78, 5) is 1.37. The van der Waals surface area contributed by atoms with Crippen molar-refractivity contribution in [3.63, 3.8) is 0 Å². The molecule has 1 saturated carbocycles. The van der Waals surface area contributed by atoms with Crippen LogP contribution in [0.25, 0.3) is 0 Å². The molecule has 18 heavy (non-hydrogen) atoms. The molecule has 0 unspecified atom stereocenters. The lowest BCUT2D eigenvalue weighted by Gasteiger charge is -2.20. The van der Waals surface area contributed by atoms with Gasteiger partial charge < -0.3 is 5.32 Å². The van der Waals surface area contributed by atoms with E-state index in [1.807, 2.05) is 19.4 Å². The Bertz CT molecular complexity index is 492. The minimum absolute atomic E-state index is 0.476. The molecule has 102 valence electrons. The molecule has 0 aliphatic heterocycles. The van der Waals surface area contributed by atoms with Crippen molar-refractivity contribution in [3.05, 3.63) is 16.3 Å². The van der Waals surface area contributed by atoms with Gasteiger partial charge in [0, 0.05) is 24.5 Å². The van der Waals surface area contributed by atoms with Crippen LogP contribution in [0.5, 0.6) is 0 Å². The fraction of sp³-hybridized carbons (Fsp3) is 0.667. The third-order valence-corrected chi connectivity index (χ3v) is 6.25. The second kappa shape index (κ2) is 5.69. The van der Waals surface area contributed by atoms with Gasteiger partial charge in [-0.2, -0.15) is 4.31 Å². The van der Waals surface area contributed by atoms with Gasteiger partial charge in [0.1, 0.15) is 0 Å². The van der Waals surface area contributed by atoms with E-state index in [9.17, 15) is 8.42 Å². The maximum absolute atomic E-state index is 12.6. The van der Waals surface area contributed by atoms with E-state index < -0.39 is 10.0 Å². The largest absolute Gasteiger partial charge is 0.315 e. The lowest BCUT2D eigenvalue weighted by Crippen LogP contribution is -2.33. The zero-order valence-corrected chi connectivity index (χ0v) is 12.5. The van der Waals surface area contributed by atoms with Crippen molar-refractivity contribution < 1.29 is 8.42 Å². The van der Waals surface area contributed by atoms with Gasteiger partial charge in [-0.1, -0.05) is 6.92 Å². The first-order chi connectivity index (χ1) is 8.59. The molecule has 1 aliphatic rings. The summed E-state index contributed by atoms with van der Waals surface area (Å²) in [6.07, 6.45) is 2.33. The van der Waals surface area contributed by atoms with Gasteiger partial charge in [-0.05, 0) is 37.3 Å². The van der Waals surface area contributed by atoms with E-state index in [0.29, 0.717) is 30.4 Å². The summed E-state index contributed by atoms with van der Waals surface area (Å²) >= 11 is 1.50. The van der Waals surface area contributed by atoms with Crippen molar-refractivity contribution in [2.75, 3.05) is 20.1 Å². The van der Waals surface area contributed by atoms with Crippen molar-refractivity contribution in [2.45, 2.75) is 31.2 Å². The van der Waals surface area contributed by atoms with Crippen LogP contribution in [-0.4, -0.2) is 32.9 Å². The molecule has 1 N–H and O–H groups in total. The average Bonchev–Trinajstić information content (AvgIpc) is 3.03. The normalized spacial score (nSPS) is 16.4. The third-order valence-electron chi connectivity index (χ3n) is 3.17. The monoisotopic (exact) mass is 288 g/mol. The molecule has 2 rings (SSSR count). The molecule has 1 heterocycles. The van der Waals surface area contributed by atoms with Crippen LogP contribution >= 0.6 is 11.3 Å². The van der Waals surface area contributed by atoms with Crippen LogP contribution in [0.1, 0.15) is 24.6 Å². The van der Waals surface area contributed by atoms with Crippen molar-refractivity contribution in [1.29, 1.82) is 0 Å². The number of sulfonamides is 1. The maximum atomic E-state index is 12.6. The summed E-state index contributed by atoms with van der Waals surface area (Å²) in [5, 5.41) is 4.87. The Hall–Kier alpha value is -0.430. The SMILES string of the molecule is CCN(CC1CC1)S(=O)(=O)c1ccsc1CNC. The summed E-state index contributed by atoms with van der Waals surface area (Å²) in [5.41, 5.74) is 0. The van der Waals surface area contributed by atoms with E-state index in [2.05, 4.69) is 5.32 Å². The maximum Gasteiger partial charge on any atom is 0.244 e. The smallest absolute Gasteiger partial charge is 0.244 e. The van der Waals surface area contributed by atoms with Gasteiger partial charge in [0.25, 0.3) is 0 Å². The summed E-state index contributed by atoms with van der Waals surface area (Å²) < 4.78 is 26.8. The van der Waals surface area contributed by atoms with Gasteiger partial charge in [-0.3, -0.25) is 0 Å². The number of hydrogen-bond acceptors (Lipinski definition) is 4. The third kappa shape index (κ3) is 2.93. The summed E-state index contributed by atoms with van der Waals surface area (Å²) in [5.74, 6) is 0.575. The van der Waals surface area contributed by atoms with E-state index in [1.165, 1.54) is 24.2 Å². The highest BCUT2D eigenvalue weighted by atomic mass is 32.2. The second-order valence-electron chi connectivity index (χ2n) is 4.64. The van der Waals surface area contributed by atoms with Gasteiger partial charge in [0.2, 0.25) is 10.0 Å². The van der Waals surface area contributed by atoms with Crippen molar-refractivity contribution >= 4 is 21.4 Å². The molecule has 1 aliphatic carbocycles. The van der Waals surface area contributed by atoms with Crippen molar-refractivity contribution in [3.8, 4) is 0 Å². The standard InChI is InChI=1S/C12H20N2O2S2/c1-3-14(9-10-4-5-10)18(15,16)12-6-7-17-11(12)8-13-2/h6-7,10,13H,3-5,8-9H2,1-2H3. The highest BCUT2D eigenvalue weighted by Crippen LogP contribution is 2.32. The molecule has 0 amide bonds. The average molecular weight is 288 g/mol. The fourth-order valence-electron chi connectivity index (χ4n) is 1.97. The predicted molar refractivity (Wildman–Crippen MR) is 74.2 cm³/mol. The zero-order chi connectivity index (χ0) is 13.2. The van der Waals surface area contributed by atoms with Crippen molar-refractivity contribution in [2.24, 2.45) is 5.92 Å². The molecular formula is C12H20N2O2S2. The Morgan fingerprint density at radius 2 is 2.22 bits per heavy atom. The molecule has 1 fully saturated rings. The van der Waals surface area contributed by atoms with Gasteiger partial charge in [0.15, 0.2) is 0 Å². The Morgan fingerprint density at radius 3 is 2.78 bits per heavy atom. The van der Waals surface area contributed by atoms with E-state index in [-0.39, 0.29) is 0 Å². The van der Waals surface area contributed by atoms with E-state index >= 15 is 0 Å². The quantitative estimate of drug-likeness (QED) is 0.833. The van der Waals surface area contributed by atoms with Gasteiger partial charge in [0.05, 0.1) is 4.90 Å². The first-order valence-electron chi connectivity index (χ1n) is 6.30. The molecule has 0 saturated heterocycles. The molecule has 0 aromatic carbocycles.